The normalized spacial score (nSPS) is 17.4. The molecule has 1 fully saturated rings. The largest absolute Gasteiger partial charge is 0.493 e. The molecular weight excluding hydrogens is 474 g/mol. The van der Waals surface area contributed by atoms with Gasteiger partial charge >= 0.3 is 0 Å². The van der Waals surface area contributed by atoms with Crippen LogP contribution in [-0.2, 0) is 16.4 Å². The highest BCUT2D eigenvalue weighted by molar-refractivity contribution is 9.10. The van der Waals surface area contributed by atoms with Gasteiger partial charge in [0.25, 0.3) is 5.91 Å². The van der Waals surface area contributed by atoms with Crippen LogP contribution in [0.5, 0.6) is 17.2 Å². The highest BCUT2D eigenvalue weighted by atomic mass is 79.9. The summed E-state index contributed by atoms with van der Waals surface area (Å²) < 4.78 is 41.1. The van der Waals surface area contributed by atoms with Gasteiger partial charge in [-0.05, 0) is 36.2 Å². The lowest BCUT2D eigenvalue weighted by atomic mass is 10.1. The minimum absolute atomic E-state index is 0.0445. The molecule has 0 aliphatic carbocycles. The fourth-order valence-electron chi connectivity index (χ4n) is 3.59. The van der Waals surface area contributed by atoms with Gasteiger partial charge in [0, 0.05) is 22.6 Å². The van der Waals surface area contributed by atoms with Crippen LogP contribution in [0.1, 0.15) is 22.3 Å². The van der Waals surface area contributed by atoms with Gasteiger partial charge in [0.2, 0.25) is 5.75 Å². The zero-order chi connectivity index (χ0) is 21.9. The molecule has 2 aromatic rings. The highest BCUT2D eigenvalue weighted by Crippen LogP contribution is 2.39. The molecule has 1 aliphatic heterocycles. The Morgan fingerprint density at radius 3 is 2.27 bits per heavy atom. The number of ether oxygens (including phenoxy) is 3. The number of methoxy groups -OCH3 is 3. The Kier molecular flexibility index (Phi) is 6.92. The highest BCUT2D eigenvalue weighted by Gasteiger charge is 2.35. The van der Waals surface area contributed by atoms with Crippen molar-refractivity contribution in [2.75, 3.05) is 32.8 Å². The molecule has 0 radical (unpaired) electrons. The monoisotopic (exact) mass is 497 g/mol. The van der Waals surface area contributed by atoms with Gasteiger partial charge in [-0.25, -0.2) is 8.42 Å². The molecule has 7 nitrogen and oxygen atoms in total. The molecule has 0 saturated carbocycles. The number of benzene rings is 2. The summed E-state index contributed by atoms with van der Waals surface area (Å²) in [4.78, 5) is 15.2. The average Bonchev–Trinajstić information content (AvgIpc) is 3.09. The van der Waals surface area contributed by atoms with Crippen molar-refractivity contribution in [2.45, 2.75) is 19.0 Å². The Bertz CT molecular complexity index is 1010. The molecule has 0 spiro atoms. The van der Waals surface area contributed by atoms with E-state index in [1.165, 1.54) is 21.3 Å². The maximum absolute atomic E-state index is 13.5. The van der Waals surface area contributed by atoms with Crippen LogP contribution in [0, 0.1) is 0 Å². The summed E-state index contributed by atoms with van der Waals surface area (Å²) in [7, 11) is 1.29. The molecule has 30 heavy (non-hydrogen) atoms. The van der Waals surface area contributed by atoms with Crippen LogP contribution in [0.2, 0.25) is 0 Å². The first-order chi connectivity index (χ1) is 14.3. The van der Waals surface area contributed by atoms with Crippen molar-refractivity contribution in [1.82, 2.24) is 4.90 Å². The summed E-state index contributed by atoms with van der Waals surface area (Å²) in [6.07, 6.45) is 0.409. The van der Waals surface area contributed by atoms with E-state index in [1.807, 2.05) is 24.3 Å². The van der Waals surface area contributed by atoms with E-state index < -0.39 is 15.9 Å². The Morgan fingerprint density at radius 1 is 1.10 bits per heavy atom. The van der Waals surface area contributed by atoms with Crippen LogP contribution in [0.3, 0.4) is 0 Å². The van der Waals surface area contributed by atoms with Crippen LogP contribution in [0.15, 0.2) is 40.9 Å². The Balaban J connectivity index is 2.01. The molecule has 2 aromatic carbocycles. The maximum Gasteiger partial charge on any atom is 0.254 e. The third kappa shape index (κ3) is 4.89. The molecule has 0 N–H and O–H groups in total. The Hall–Kier alpha value is -2.26. The van der Waals surface area contributed by atoms with Crippen LogP contribution in [0.4, 0.5) is 0 Å². The second-order valence-electron chi connectivity index (χ2n) is 7.03. The zero-order valence-corrected chi connectivity index (χ0v) is 19.5. The molecule has 1 atom stereocenters. The van der Waals surface area contributed by atoms with Gasteiger partial charge in [0.05, 0.1) is 32.8 Å². The molecule has 0 bridgehead atoms. The van der Waals surface area contributed by atoms with Gasteiger partial charge in [-0.3, -0.25) is 4.79 Å². The number of carbonyl (C=O) groups is 1. The lowest BCUT2D eigenvalue weighted by Gasteiger charge is -2.29. The Morgan fingerprint density at radius 2 is 1.77 bits per heavy atom. The van der Waals surface area contributed by atoms with Crippen molar-refractivity contribution in [3.05, 3.63) is 52.0 Å². The molecular formula is C21H24BrNO6S. The molecule has 1 heterocycles. The SMILES string of the molecule is COc1cc(C(=O)N(Cc2cccc(Br)c2)[C@@H]2CCS(=O)(=O)C2)cc(OC)c1OC. The number of halogens is 1. The van der Waals surface area contributed by atoms with Crippen molar-refractivity contribution in [1.29, 1.82) is 0 Å². The van der Waals surface area contributed by atoms with Crippen LogP contribution < -0.4 is 14.2 Å². The zero-order valence-electron chi connectivity index (χ0n) is 17.1. The van der Waals surface area contributed by atoms with Crippen molar-refractivity contribution < 1.29 is 27.4 Å². The smallest absolute Gasteiger partial charge is 0.254 e. The lowest BCUT2D eigenvalue weighted by molar-refractivity contribution is 0.0680. The number of rotatable bonds is 7. The van der Waals surface area contributed by atoms with Gasteiger partial charge in [-0.15, -0.1) is 0 Å². The summed E-state index contributed by atoms with van der Waals surface area (Å²) in [5.41, 5.74) is 1.23. The van der Waals surface area contributed by atoms with Gasteiger partial charge in [-0.1, -0.05) is 28.1 Å². The second kappa shape index (κ2) is 9.26. The van der Waals surface area contributed by atoms with E-state index in [9.17, 15) is 13.2 Å². The number of carbonyl (C=O) groups excluding carboxylic acids is 1. The number of hydrogen-bond donors (Lipinski definition) is 0. The predicted octanol–water partition coefficient (Wildman–Crippen LogP) is 3.30. The number of hydrogen-bond acceptors (Lipinski definition) is 6. The standard InChI is InChI=1S/C21H24BrNO6S/c1-27-18-10-15(11-19(28-2)20(18)29-3)21(24)23(17-7-8-30(25,26)13-17)12-14-5-4-6-16(22)9-14/h4-6,9-11,17H,7-8,12-13H2,1-3H3/t17-/m1/s1. The molecule has 0 aromatic heterocycles. The quantitative estimate of drug-likeness (QED) is 0.583. The van der Waals surface area contributed by atoms with Crippen LogP contribution in [0.25, 0.3) is 0 Å². The van der Waals surface area contributed by atoms with Gasteiger partial charge in [-0.2, -0.15) is 0 Å². The summed E-state index contributed by atoms with van der Waals surface area (Å²) in [5, 5.41) is 0. The van der Waals surface area contributed by atoms with Gasteiger partial charge in [0.1, 0.15) is 0 Å². The number of nitrogens with zero attached hydrogens (tertiary/aromatic N) is 1. The fourth-order valence-corrected chi connectivity index (χ4v) is 5.77. The minimum atomic E-state index is -3.17. The van der Waals surface area contributed by atoms with E-state index in [0.29, 0.717) is 29.2 Å². The van der Waals surface area contributed by atoms with E-state index in [4.69, 9.17) is 14.2 Å². The second-order valence-corrected chi connectivity index (χ2v) is 10.2. The predicted molar refractivity (Wildman–Crippen MR) is 117 cm³/mol. The van der Waals surface area contributed by atoms with E-state index in [2.05, 4.69) is 15.9 Å². The molecule has 3 rings (SSSR count). The van der Waals surface area contributed by atoms with E-state index in [0.717, 1.165) is 10.0 Å². The van der Waals surface area contributed by atoms with E-state index in [1.54, 1.807) is 17.0 Å². The molecule has 1 aliphatic rings. The summed E-state index contributed by atoms with van der Waals surface area (Å²) in [6, 6.07) is 10.4. The van der Waals surface area contributed by atoms with Crippen molar-refractivity contribution in [3.63, 3.8) is 0 Å². The van der Waals surface area contributed by atoms with Gasteiger partial charge in [0.15, 0.2) is 21.3 Å². The van der Waals surface area contributed by atoms with E-state index in [-0.39, 0.29) is 24.0 Å². The topological polar surface area (TPSA) is 82.1 Å². The fraction of sp³-hybridized carbons (Fsp3) is 0.381. The van der Waals surface area contributed by atoms with Crippen LogP contribution in [-0.4, -0.2) is 58.1 Å². The summed E-state index contributed by atoms with van der Waals surface area (Å²) >= 11 is 3.44. The molecule has 9 heteroatoms. The maximum atomic E-state index is 13.5. The lowest BCUT2D eigenvalue weighted by Crippen LogP contribution is -2.40. The molecule has 1 amide bonds. The first-order valence-corrected chi connectivity index (χ1v) is 11.9. The summed E-state index contributed by atoms with van der Waals surface area (Å²) in [6.45, 7) is 0.287. The molecule has 162 valence electrons. The average molecular weight is 498 g/mol. The van der Waals surface area contributed by atoms with Crippen molar-refractivity contribution in [2.24, 2.45) is 0 Å². The minimum Gasteiger partial charge on any atom is -0.493 e. The van der Waals surface area contributed by atoms with Crippen molar-refractivity contribution >= 4 is 31.7 Å². The molecule has 0 unspecified atom stereocenters. The number of amides is 1. The third-order valence-corrected chi connectivity index (χ3v) is 7.31. The first-order valence-electron chi connectivity index (χ1n) is 9.34. The van der Waals surface area contributed by atoms with E-state index >= 15 is 0 Å². The third-order valence-electron chi connectivity index (χ3n) is 5.06. The number of sulfone groups is 1. The van der Waals surface area contributed by atoms with Crippen LogP contribution >= 0.6 is 15.9 Å². The first kappa shape index (κ1) is 22.4. The summed E-state index contributed by atoms with van der Waals surface area (Å²) in [5.74, 6) is 0.852. The van der Waals surface area contributed by atoms with Crippen molar-refractivity contribution in [3.8, 4) is 17.2 Å². The van der Waals surface area contributed by atoms with Gasteiger partial charge < -0.3 is 19.1 Å². The molecule has 1 saturated heterocycles. The Labute approximate surface area is 185 Å².